The first-order valence-electron chi connectivity index (χ1n) is 9.71. The van der Waals surface area contributed by atoms with E-state index in [1.165, 1.54) is 10.4 Å². The van der Waals surface area contributed by atoms with Crippen LogP contribution in [0.4, 0.5) is 5.95 Å². The Bertz CT molecular complexity index is 983. The molecule has 1 saturated heterocycles. The number of anilines is 1. The number of nitrogens with zero attached hydrogens (tertiary/aromatic N) is 4. The van der Waals surface area contributed by atoms with Crippen molar-refractivity contribution in [2.45, 2.75) is 25.8 Å². The normalized spacial score (nSPS) is 18.1. The molecular formula is C21H24N4OS. The highest BCUT2D eigenvalue weighted by atomic mass is 32.1. The topological polar surface area (TPSA) is 41.4 Å². The van der Waals surface area contributed by atoms with Crippen LogP contribution in [0.5, 0.6) is 0 Å². The van der Waals surface area contributed by atoms with Crippen molar-refractivity contribution in [2.75, 3.05) is 24.5 Å². The van der Waals surface area contributed by atoms with Gasteiger partial charge < -0.3 is 14.4 Å². The van der Waals surface area contributed by atoms with E-state index in [0.29, 0.717) is 5.91 Å². The second-order valence-corrected chi connectivity index (χ2v) is 8.60. The van der Waals surface area contributed by atoms with Crippen LogP contribution in [0.1, 0.15) is 23.3 Å². The number of aryl methyl sites for hydroxylation is 1. The number of aromatic nitrogens is 2. The van der Waals surface area contributed by atoms with E-state index in [4.69, 9.17) is 4.98 Å². The van der Waals surface area contributed by atoms with Gasteiger partial charge in [-0.15, -0.1) is 11.3 Å². The molecule has 1 amide bonds. The third-order valence-corrected chi connectivity index (χ3v) is 7.03. The van der Waals surface area contributed by atoms with E-state index in [1.807, 2.05) is 17.4 Å². The molecule has 0 saturated carbocycles. The molecule has 2 aliphatic heterocycles. The number of rotatable bonds is 2. The molecule has 0 spiro atoms. The molecule has 27 heavy (non-hydrogen) atoms. The molecule has 0 N–H and O–H groups in total. The Hall–Kier alpha value is -2.34. The van der Waals surface area contributed by atoms with Crippen LogP contribution in [-0.2, 0) is 24.8 Å². The van der Waals surface area contributed by atoms with E-state index in [-0.39, 0.29) is 5.92 Å². The van der Waals surface area contributed by atoms with E-state index >= 15 is 0 Å². The molecule has 2 aromatic heterocycles. The quantitative estimate of drug-likeness (QED) is 0.684. The van der Waals surface area contributed by atoms with E-state index < -0.39 is 0 Å². The Balaban J connectivity index is 1.26. The number of thiophene rings is 1. The lowest BCUT2D eigenvalue weighted by Gasteiger charge is -2.36. The first-order valence-corrected chi connectivity index (χ1v) is 10.6. The fourth-order valence-corrected chi connectivity index (χ4v) is 5.33. The molecule has 3 aromatic rings. The van der Waals surface area contributed by atoms with Crippen LogP contribution in [0.3, 0.4) is 0 Å². The standard InChI is InChI=1S/C21H24N4OS/c1-23-18-5-3-2-4-17(18)22-21(23)24-10-6-15(7-11-24)20(26)25-12-8-19-16(14-25)9-13-27-19/h2-5,9,13,15H,6-8,10-12,14H2,1H3. The fourth-order valence-electron chi connectivity index (χ4n) is 4.44. The van der Waals surface area contributed by atoms with Gasteiger partial charge in [0.25, 0.3) is 0 Å². The number of amides is 1. The lowest BCUT2D eigenvalue weighted by Crippen LogP contribution is -2.44. The number of fused-ring (bicyclic) bond motifs is 2. The van der Waals surface area contributed by atoms with E-state index in [1.54, 1.807) is 0 Å². The van der Waals surface area contributed by atoms with Gasteiger partial charge in [0.1, 0.15) is 0 Å². The van der Waals surface area contributed by atoms with Gasteiger partial charge in [-0.3, -0.25) is 4.79 Å². The van der Waals surface area contributed by atoms with Crippen molar-refractivity contribution in [3.63, 3.8) is 0 Å². The van der Waals surface area contributed by atoms with Gasteiger partial charge >= 0.3 is 0 Å². The summed E-state index contributed by atoms with van der Waals surface area (Å²) >= 11 is 1.82. The van der Waals surface area contributed by atoms with Gasteiger partial charge in [-0.05, 0) is 48.4 Å². The first kappa shape index (κ1) is 16.8. The first-order chi connectivity index (χ1) is 13.2. The van der Waals surface area contributed by atoms with Gasteiger partial charge in [0, 0.05) is 44.0 Å². The SMILES string of the molecule is Cn1c(N2CCC(C(=O)N3CCc4sccc4C3)CC2)nc2ccccc21. The second-order valence-electron chi connectivity index (χ2n) is 7.60. The maximum atomic E-state index is 13.0. The molecule has 2 aliphatic rings. The number of para-hydroxylation sites is 2. The highest BCUT2D eigenvalue weighted by Crippen LogP contribution is 2.29. The van der Waals surface area contributed by atoms with Crippen LogP contribution in [0.25, 0.3) is 11.0 Å². The minimum absolute atomic E-state index is 0.149. The summed E-state index contributed by atoms with van der Waals surface area (Å²) in [5.41, 5.74) is 3.54. The zero-order chi connectivity index (χ0) is 18.4. The summed E-state index contributed by atoms with van der Waals surface area (Å²) < 4.78 is 2.17. The zero-order valence-electron chi connectivity index (χ0n) is 15.6. The van der Waals surface area contributed by atoms with Crippen LogP contribution in [0.15, 0.2) is 35.7 Å². The smallest absolute Gasteiger partial charge is 0.226 e. The predicted molar refractivity (Wildman–Crippen MR) is 109 cm³/mol. The van der Waals surface area contributed by atoms with Crippen molar-refractivity contribution in [3.8, 4) is 0 Å². The molecule has 0 unspecified atom stereocenters. The molecular weight excluding hydrogens is 356 g/mol. The molecule has 0 bridgehead atoms. The monoisotopic (exact) mass is 380 g/mol. The van der Waals surface area contributed by atoms with Crippen molar-refractivity contribution >= 4 is 34.2 Å². The van der Waals surface area contributed by atoms with E-state index in [9.17, 15) is 4.79 Å². The highest BCUT2D eigenvalue weighted by molar-refractivity contribution is 7.10. The molecule has 1 aromatic carbocycles. The Morgan fingerprint density at radius 1 is 1.15 bits per heavy atom. The molecule has 140 valence electrons. The minimum Gasteiger partial charge on any atom is -0.342 e. The van der Waals surface area contributed by atoms with Crippen molar-refractivity contribution in [3.05, 3.63) is 46.2 Å². The average molecular weight is 381 g/mol. The number of benzene rings is 1. The van der Waals surface area contributed by atoms with Gasteiger partial charge in [0.15, 0.2) is 0 Å². The summed E-state index contributed by atoms with van der Waals surface area (Å²) in [6, 6.07) is 10.4. The lowest BCUT2D eigenvalue weighted by atomic mass is 9.94. The van der Waals surface area contributed by atoms with E-state index in [2.05, 4.69) is 51.1 Å². The lowest BCUT2D eigenvalue weighted by molar-refractivity contribution is -0.137. The average Bonchev–Trinajstić information content (AvgIpc) is 3.32. The Morgan fingerprint density at radius 2 is 1.96 bits per heavy atom. The van der Waals surface area contributed by atoms with Gasteiger partial charge in [0.2, 0.25) is 11.9 Å². The Morgan fingerprint density at radius 3 is 2.78 bits per heavy atom. The van der Waals surface area contributed by atoms with Crippen LogP contribution in [-0.4, -0.2) is 40.0 Å². The number of carbonyl (C=O) groups excluding carboxylic acids is 1. The molecule has 4 heterocycles. The van der Waals surface area contributed by atoms with Crippen LogP contribution in [0, 0.1) is 5.92 Å². The van der Waals surface area contributed by atoms with Gasteiger partial charge in [-0.2, -0.15) is 0 Å². The van der Waals surface area contributed by atoms with Crippen molar-refractivity contribution < 1.29 is 4.79 Å². The molecule has 1 fully saturated rings. The predicted octanol–water partition coefficient (Wildman–Crippen LogP) is 3.44. The number of piperidine rings is 1. The Kier molecular flexibility index (Phi) is 4.16. The van der Waals surface area contributed by atoms with Crippen LogP contribution < -0.4 is 4.90 Å². The summed E-state index contributed by atoms with van der Waals surface area (Å²) in [4.78, 5) is 23.7. The number of carbonyl (C=O) groups is 1. The molecule has 6 heteroatoms. The van der Waals surface area contributed by atoms with E-state index in [0.717, 1.165) is 62.4 Å². The largest absolute Gasteiger partial charge is 0.342 e. The molecule has 0 aliphatic carbocycles. The second kappa shape index (κ2) is 6.68. The van der Waals surface area contributed by atoms with Crippen LogP contribution >= 0.6 is 11.3 Å². The summed E-state index contributed by atoms with van der Waals surface area (Å²) in [5.74, 6) is 1.51. The highest BCUT2D eigenvalue weighted by Gasteiger charge is 2.31. The number of hydrogen-bond donors (Lipinski definition) is 0. The molecule has 0 atom stereocenters. The van der Waals surface area contributed by atoms with Crippen molar-refractivity contribution in [2.24, 2.45) is 13.0 Å². The molecule has 0 radical (unpaired) electrons. The summed E-state index contributed by atoms with van der Waals surface area (Å²) in [6.45, 7) is 3.45. The third kappa shape index (κ3) is 2.92. The Labute approximate surface area is 163 Å². The van der Waals surface area contributed by atoms with Gasteiger partial charge in [0.05, 0.1) is 11.0 Å². The summed E-state index contributed by atoms with van der Waals surface area (Å²) in [7, 11) is 2.08. The molecule has 5 rings (SSSR count). The van der Waals surface area contributed by atoms with Gasteiger partial charge in [-0.1, -0.05) is 12.1 Å². The van der Waals surface area contributed by atoms with Crippen LogP contribution in [0.2, 0.25) is 0 Å². The summed E-state index contributed by atoms with van der Waals surface area (Å²) in [5, 5.41) is 2.15. The molecule has 5 nitrogen and oxygen atoms in total. The minimum atomic E-state index is 0.149. The van der Waals surface area contributed by atoms with Crippen molar-refractivity contribution in [1.29, 1.82) is 0 Å². The maximum Gasteiger partial charge on any atom is 0.226 e. The third-order valence-electron chi connectivity index (χ3n) is 6.01. The number of hydrogen-bond acceptors (Lipinski definition) is 4. The summed E-state index contributed by atoms with van der Waals surface area (Å²) in [6.07, 6.45) is 2.83. The number of imidazole rings is 1. The zero-order valence-corrected chi connectivity index (χ0v) is 16.4. The van der Waals surface area contributed by atoms with Crippen molar-refractivity contribution in [1.82, 2.24) is 14.5 Å². The maximum absolute atomic E-state index is 13.0. The fraction of sp³-hybridized carbons (Fsp3) is 0.429. The van der Waals surface area contributed by atoms with Gasteiger partial charge in [-0.25, -0.2) is 4.98 Å².